The SMILES string of the molecule is N#CCCCCCc1ccc(-c2ccccc2)cc1. The minimum atomic E-state index is 0.687. The molecule has 1 heteroatoms. The molecule has 0 saturated heterocycles. The molecule has 0 aliphatic carbocycles. The monoisotopic (exact) mass is 249 g/mol. The average molecular weight is 249 g/mol. The van der Waals surface area contributed by atoms with E-state index < -0.39 is 0 Å². The Morgan fingerprint density at radius 2 is 1.42 bits per heavy atom. The lowest BCUT2D eigenvalue weighted by Crippen LogP contribution is -1.86. The summed E-state index contributed by atoms with van der Waals surface area (Å²) < 4.78 is 0. The lowest BCUT2D eigenvalue weighted by atomic mass is 10.0. The van der Waals surface area contributed by atoms with Gasteiger partial charge in [-0.25, -0.2) is 0 Å². The number of unbranched alkanes of at least 4 members (excludes halogenated alkanes) is 3. The molecule has 0 amide bonds. The van der Waals surface area contributed by atoms with Gasteiger partial charge in [-0.3, -0.25) is 0 Å². The van der Waals surface area contributed by atoms with E-state index in [1.807, 2.05) is 6.07 Å². The molecular weight excluding hydrogens is 230 g/mol. The fourth-order valence-corrected chi connectivity index (χ4v) is 2.20. The lowest BCUT2D eigenvalue weighted by Gasteiger charge is -2.04. The summed E-state index contributed by atoms with van der Waals surface area (Å²) in [5, 5.41) is 8.47. The summed E-state index contributed by atoms with van der Waals surface area (Å²) in [6, 6.07) is 21.5. The van der Waals surface area contributed by atoms with Crippen LogP contribution in [0.2, 0.25) is 0 Å². The molecule has 0 radical (unpaired) electrons. The average Bonchev–Trinajstić information content (AvgIpc) is 2.49. The molecule has 0 N–H and O–H groups in total. The molecule has 0 heterocycles. The van der Waals surface area contributed by atoms with Gasteiger partial charge in [-0.15, -0.1) is 0 Å². The quantitative estimate of drug-likeness (QED) is 0.662. The number of rotatable bonds is 6. The van der Waals surface area contributed by atoms with Gasteiger partial charge in [0.1, 0.15) is 0 Å². The molecule has 0 atom stereocenters. The first kappa shape index (κ1) is 13.4. The van der Waals surface area contributed by atoms with Crippen LogP contribution in [-0.4, -0.2) is 0 Å². The Labute approximate surface area is 115 Å². The Morgan fingerprint density at radius 3 is 2.11 bits per heavy atom. The van der Waals surface area contributed by atoms with Crippen LogP contribution >= 0.6 is 0 Å². The van der Waals surface area contributed by atoms with Crippen LogP contribution in [0, 0.1) is 11.3 Å². The largest absolute Gasteiger partial charge is 0.198 e. The van der Waals surface area contributed by atoms with Crippen molar-refractivity contribution in [1.82, 2.24) is 0 Å². The maximum atomic E-state index is 8.47. The van der Waals surface area contributed by atoms with Crippen LogP contribution in [0.15, 0.2) is 54.6 Å². The predicted octanol–water partition coefficient (Wildman–Crippen LogP) is 4.98. The first-order chi connectivity index (χ1) is 9.40. The molecule has 0 aliphatic heterocycles. The normalized spacial score (nSPS) is 10.1. The molecule has 2 rings (SSSR count). The number of aryl methyl sites for hydroxylation is 1. The van der Waals surface area contributed by atoms with E-state index in [0.29, 0.717) is 6.42 Å². The van der Waals surface area contributed by atoms with Gasteiger partial charge in [0.05, 0.1) is 6.07 Å². The number of hydrogen-bond acceptors (Lipinski definition) is 1. The Balaban J connectivity index is 1.87. The van der Waals surface area contributed by atoms with Gasteiger partial charge in [0.15, 0.2) is 0 Å². The molecule has 0 aromatic heterocycles. The maximum Gasteiger partial charge on any atom is 0.0621 e. The summed E-state index contributed by atoms with van der Waals surface area (Å²) in [7, 11) is 0. The lowest BCUT2D eigenvalue weighted by molar-refractivity contribution is 0.690. The van der Waals surface area contributed by atoms with Crippen molar-refractivity contribution in [2.75, 3.05) is 0 Å². The highest BCUT2D eigenvalue weighted by Crippen LogP contribution is 2.20. The Bertz CT molecular complexity index is 520. The molecule has 0 aliphatic rings. The van der Waals surface area contributed by atoms with Gasteiger partial charge in [-0.05, 0) is 36.0 Å². The van der Waals surface area contributed by atoms with Crippen molar-refractivity contribution in [1.29, 1.82) is 5.26 Å². The Hall–Kier alpha value is -2.07. The molecule has 19 heavy (non-hydrogen) atoms. The van der Waals surface area contributed by atoms with Crippen molar-refractivity contribution in [2.45, 2.75) is 32.1 Å². The van der Waals surface area contributed by atoms with Crippen LogP contribution in [0.1, 0.15) is 31.2 Å². The highest BCUT2D eigenvalue weighted by molar-refractivity contribution is 5.63. The standard InChI is InChI=1S/C18H19N/c19-15-7-2-1-4-8-16-11-13-18(14-12-16)17-9-5-3-6-10-17/h3,5-6,9-14H,1-2,4,7-8H2. The minimum Gasteiger partial charge on any atom is -0.198 e. The zero-order chi connectivity index (χ0) is 13.3. The van der Waals surface area contributed by atoms with Crippen molar-refractivity contribution in [3.63, 3.8) is 0 Å². The van der Waals surface area contributed by atoms with Gasteiger partial charge in [0.25, 0.3) is 0 Å². The molecule has 0 saturated carbocycles. The van der Waals surface area contributed by atoms with E-state index in [9.17, 15) is 0 Å². The molecule has 2 aromatic rings. The van der Waals surface area contributed by atoms with Crippen molar-refractivity contribution in [2.24, 2.45) is 0 Å². The highest BCUT2D eigenvalue weighted by Gasteiger charge is 1.97. The molecule has 2 aromatic carbocycles. The van der Waals surface area contributed by atoms with Crippen molar-refractivity contribution >= 4 is 0 Å². The smallest absolute Gasteiger partial charge is 0.0621 e. The zero-order valence-electron chi connectivity index (χ0n) is 11.2. The summed E-state index contributed by atoms with van der Waals surface area (Å²) in [5.41, 5.74) is 3.92. The maximum absolute atomic E-state index is 8.47. The van der Waals surface area contributed by atoms with Gasteiger partial charge in [-0.1, -0.05) is 61.0 Å². The molecule has 1 nitrogen and oxygen atoms in total. The van der Waals surface area contributed by atoms with Gasteiger partial charge in [-0.2, -0.15) is 5.26 Å². The van der Waals surface area contributed by atoms with E-state index in [4.69, 9.17) is 5.26 Å². The second-order valence-electron chi connectivity index (χ2n) is 4.78. The molecule has 0 spiro atoms. The van der Waals surface area contributed by atoms with Crippen LogP contribution in [0.3, 0.4) is 0 Å². The molecule has 0 unspecified atom stereocenters. The van der Waals surface area contributed by atoms with E-state index in [2.05, 4.69) is 54.6 Å². The minimum absolute atomic E-state index is 0.687. The Morgan fingerprint density at radius 1 is 0.737 bits per heavy atom. The topological polar surface area (TPSA) is 23.8 Å². The summed E-state index contributed by atoms with van der Waals surface area (Å²) in [5.74, 6) is 0. The predicted molar refractivity (Wildman–Crippen MR) is 79.7 cm³/mol. The summed E-state index contributed by atoms with van der Waals surface area (Å²) in [6.45, 7) is 0. The van der Waals surface area contributed by atoms with Crippen molar-refractivity contribution < 1.29 is 0 Å². The molecule has 0 bridgehead atoms. The highest BCUT2D eigenvalue weighted by atomic mass is 14.2. The summed E-state index contributed by atoms with van der Waals surface area (Å²) >= 11 is 0. The van der Waals surface area contributed by atoms with Crippen LogP contribution in [0.5, 0.6) is 0 Å². The van der Waals surface area contributed by atoms with E-state index in [1.165, 1.54) is 23.1 Å². The molecule has 96 valence electrons. The zero-order valence-corrected chi connectivity index (χ0v) is 11.2. The van der Waals surface area contributed by atoms with E-state index in [0.717, 1.165) is 19.3 Å². The van der Waals surface area contributed by atoms with Crippen LogP contribution in [0.25, 0.3) is 11.1 Å². The van der Waals surface area contributed by atoms with Gasteiger partial charge in [0.2, 0.25) is 0 Å². The third-order valence-corrected chi connectivity index (χ3v) is 3.32. The molecular formula is C18H19N. The number of benzene rings is 2. The number of hydrogen-bond donors (Lipinski definition) is 0. The van der Waals surface area contributed by atoms with Crippen LogP contribution < -0.4 is 0 Å². The fraction of sp³-hybridized carbons (Fsp3) is 0.278. The Kier molecular flexibility index (Phi) is 5.19. The third-order valence-electron chi connectivity index (χ3n) is 3.32. The molecule has 0 fully saturated rings. The van der Waals surface area contributed by atoms with Crippen molar-refractivity contribution in [3.05, 3.63) is 60.2 Å². The van der Waals surface area contributed by atoms with E-state index in [1.54, 1.807) is 0 Å². The first-order valence-corrected chi connectivity index (χ1v) is 6.91. The van der Waals surface area contributed by atoms with Crippen LogP contribution in [0.4, 0.5) is 0 Å². The first-order valence-electron chi connectivity index (χ1n) is 6.91. The second kappa shape index (κ2) is 7.38. The van der Waals surface area contributed by atoms with E-state index >= 15 is 0 Å². The van der Waals surface area contributed by atoms with Crippen LogP contribution in [-0.2, 0) is 6.42 Å². The van der Waals surface area contributed by atoms with Gasteiger partial charge < -0.3 is 0 Å². The summed E-state index contributed by atoms with van der Waals surface area (Å²) in [6.07, 6.45) is 5.15. The van der Waals surface area contributed by atoms with Gasteiger partial charge in [0, 0.05) is 6.42 Å². The van der Waals surface area contributed by atoms with E-state index in [-0.39, 0.29) is 0 Å². The van der Waals surface area contributed by atoms with Crippen molar-refractivity contribution in [3.8, 4) is 17.2 Å². The second-order valence-corrected chi connectivity index (χ2v) is 4.78. The number of nitrogens with zero attached hydrogens (tertiary/aromatic N) is 1. The fourth-order valence-electron chi connectivity index (χ4n) is 2.20. The summed E-state index contributed by atoms with van der Waals surface area (Å²) in [4.78, 5) is 0. The van der Waals surface area contributed by atoms with Gasteiger partial charge >= 0.3 is 0 Å². The third kappa shape index (κ3) is 4.26. The number of nitriles is 1.